The van der Waals surface area contributed by atoms with Crippen molar-refractivity contribution in [1.82, 2.24) is 9.88 Å². The van der Waals surface area contributed by atoms with E-state index in [0.717, 1.165) is 22.6 Å². The minimum atomic E-state index is -0.119. The first kappa shape index (κ1) is 31.4. The molecule has 0 spiro atoms. The minimum absolute atomic E-state index is 0.0212. The number of amidine groups is 1. The Balaban J connectivity index is 0.000000263. The number of carbonyl (C=O) groups is 1. The molecule has 1 aliphatic carbocycles. The van der Waals surface area contributed by atoms with Gasteiger partial charge in [-0.3, -0.25) is 4.79 Å². The number of esters is 1. The maximum Gasteiger partial charge on any atom is 0.310 e. The zero-order valence-electron chi connectivity index (χ0n) is 24.5. The summed E-state index contributed by atoms with van der Waals surface area (Å²) in [7, 11) is 1.87. The molecule has 2 aromatic carbocycles. The van der Waals surface area contributed by atoms with E-state index < -0.39 is 0 Å². The summed E-state index contributed by atoms with van der Waals surface area (Å²) >= 11 is 5.67. The van der Waals surface area contributed by atoms with Crippen molar-refractivity contribution in [3.8, 4) is 17.7 Å². The van der Waals surface area contributed by atoms with Crippen LogP contribution in [0.3, 0.4) is 0 Å². The van der Waals surface area contributed by atoms with Gasteiger partial charge in [-0.15, -0.1) is 0 Å². The Kier molecular flexibility index (Phi) is 11.1. The number of aromatic nitrogens is 1. The Morgan fingerprint density at radius 1 is 1.07 bits per heavy atom. The zero-order valence-corrected chi connectivity index (χ0v) is 25.2. The van der Waals surface area contributed by atoms with Crippen LogP contribution in [0.5, 0.6) is 11.5 Å². The van der Waals surface area contributed by atoms with Crippen molar-refractivity contribution in [3.05, 3.63) is 101 Å². The second-order valence-electron chi connectivity index (χ2n) is 10.8. The predicted octanol–water partition coefficient (Wildman–Crippen LogP) is 7.83. The number of rotatable bonds is 8. The molecule has 2 unspecified atom stereocenters. The summed E-state index contributed by atoms with van der Waals surface area (Å²) in [6, 6.07) is 20.9. The van der Waals surface area contributed by atoms with Crippen LogP contribution in [-0.2, 0) is 22.7 Å². The van der Waals surface area contributed by atoms with Crippen LogP contribution in [0.1, 0.15) is 45.7 Å². The molecule has 0 saturated heterocycles. The first-order chi connectivity index (χ1) is 19.5. The number of pyridine rings is 1. The van der Waals surface area contributed by atoms with Gasteiger partial charge in [0.15, 0.2) is 0 Å². The van der Waals surface area contributed by atoms with E-state index >= 15 is 0 Å². The van der Waals surface area contributed by atoms with Crippen molar-refractivity contribution < 1.29 is 14.3 Å². The van der Waals surface area contributed by atoms with Crippen LogP contribution >= 0.6 is 11.6 Å². The molecule has 41 heavy (non-hydrogen) atoms. The second kappa shape index (κ2) is 14.5. The maximum absolute atomic E-state index is 12.5. The van der Waals surface area contributed by atoms with E-state index in [-0.39, 0.29) is 29.8 Å². The molecule has 0 radical (unpaired) electrons. The Hall–Kier alpha value is -4.15. The average molecular weight is 573 g/mol. The zero-order chi connectivity index (χ0) is 30.0. The minimum Gasteiger partial charge on any atom is -0.461 e. The monoisotopic (exact) mass is 572 g/mol. The number of hydrogen-bond donors (Lipinski definition) is 0. The van der Waals surface area contributed by atoms with E-state index in [0.29, 0.717) is 17.5 Å². The van der Waals surface area contributed by atoms with Crippen molar-refractivity contribution in [1.29, 1.82) is 5.26 Å². The number of carbonyl (C=O) groups excluding carboxylic acids is 1. The van der Waals surface area contributed by atoms with Crippen LogP contribution in [0.4, 0.5) is 0 Å². The molecule has 0 amide bonds. The molecule has 1 saturated carbocycles. The van der Waals surface area contributed by atoms with E-state index in [4.69, 9.17) is 26.3 Å². The van der Waals surface area contributed by atoms with E-state index in [1.165, 1.54) is 5.57 Å². The number of benzene rings is 2. The number of nitrogens with zero attached hydrogens (tertiary/aromatic N) is 4. The third-order valence-electron chi connectivity index (χ3n) is 6.91. The number of halogens is 1. The summed E-state index contributed by atoms with van der Waals surface area (Å²) in [5.74, 6) is 2.29. The van der Waals surface area contributed by atoms with Crippen molar-refractivity contribution in [2.75, 3.05) is 7.05 Å². The van der Waals surface area contributed by atoms with Crippen molar-refractivity contribution in [2.24, 2.45) is 22.2 Å². The molecule has 214 valence electrons. The molecular formula is C33H37ClN4O3. The third kappa shape index (κ3) is 9.47. The lowest BCUT2D eigenvalue weighted by Gasteiger charge is -2.17. The summed E-state index contributed by atoms with van der Waals surface area (Å²) in [5, 5.41) is 8.87. The molecular weight excluding hydrogens is 536 g/mol. The maximum atomic E-state index is 12.5. The topological polar surface area (TPSA) is 87.8 Å². The Labute approximate surface area is 248 Å². The van der Waals surface area contributed by atoms with Gasteiger partial charge in [-0.05, 0) is 73.6 Å². The standard InChI is InChI=1S/C23H26O3.C10H11ClN4/c1-16(2)13-20-21(23(20,3)4)22(24)25-15-17-9-8-12-19(14-17)26-18-10-6-5-7-11-18;1-8(14-7-12)15(2)6-9-3-4-10(11)13-5-9/h5-14,20-21H,15H2,1-4H3;3-5H,6H2,1-2H3/b;14-8+. The molecule has 4 rings (SSSR count). The number of nitriles is 1. The average Bonchev–Trinajstić information content (AvgIpc) is 3.48. The highest BCUT2D eigenvalue weighted by molar-refractivity contribution is 6.29. The quantitative estimate of drug-likeness (QED) is 0.0682. The Bertz CT molecular complexity index is 1410. The Morgan fingerprint density at radius 3 is 2.41 bits per heavy atom. The summed E-state index contributed by atoms with van der Waals surface area (Å²) < 4.78 is 11.4. The van der Waals surface area contributed by atoms with Gasteiger partial charge in [-0.1, -0.05) is 73.5 Å². The van der Waals surface area contributed by atoms with Crippen molar-refractivity contribution in [2.45, 2.75) is 47.8 Å². The summed E-state index contributed by atoms with van der Waals surface area (Å²) in [4.78, 5) is 22.0. The van der Waals surface area contributed by atoms with Crippen LogP contribution in [0.25, 0.3) is 0 Å². The van der Waals surface area contributed by atoms with Gasteiger partial charge in [0.05, 0.1) is 5.92 Å². The predicted molar refractivity (Wildman–Crippen MR) is 162 cm³/mol. The van der Waals surface area contributed by atoms with Crippen LogP contribution in [0.2, 0.25) is 5.15 Å². The summed E-state index contributed by atoms with van der Waals surface area (Å²) in [6.45, 7) is 11.1. The lowest BCUT2D eigenvalue weighted by Crippen LogP contribution is -2.23. The van der Waals surface area contributed by atoms with E-state index in [9.17, 15) is 4.79 Å². The first-order valence-corrected chi connectivity index (χ1v) is 13.8. The molecule has 0 aliphatic heterocycles. The Morgan fingerprint density at radius 2 is 1.78 bits per heavy atom. The van der Waals surface area contributed by atoms with Crippen molar-refractivity contribution >= 4 is 23.4 Å². The van der Waals surface area contributed by atoms with Gasteiger partial charge in [0.2, 0.25) is 6.19 Å². The van der Waals surface area contributed by atoms with Gasteiger partial charge in [-0.2, -0.15) is 10.3 Å². The molecule has 1 fully saturated rings. The molecule has 1 heterocycles. The van der Waals surface area contributed by atoms with Gasteiger partial charge in [-0.25, -0.2) is 4.98 Å². The number of aliphatic imine (C=N–C) groups is 1. The summed E-state index contributed by atoms with van der Waals surface area (Å²) in [5.41, 5.74) is 3.16. The van der Waals surface area contributed by atoms with E-state index in [1.54, 1.807) is 25.4 Å². The van der Waals surface area contributed by atoms with Gasteiger partial charge in [0.25, 0.3) is 0 Å². The van der Waals surface area contributed by atoms with Crippen LogP contribution in [0, 0.1) is 28.7 Å². The number of para-hydroxylation sites is 1. The molecule has 0 N–H and O–H groups in total. The van der Waals surface area contributed by atoms with Crippen LogP contribution in [-0.4, -0.2) is 28.7 Å². The van der Waals surface area contributed by atoms with Crippen LogP contribution < -0.4 is 4.74 Å². The van der Waals surface area contributed by atoms with E-state index in [2.05, 4.69) is 43.7 Å². The highest BCUT2D eigenvalue weighted by Gasteiger charge is 2.61. The van der Waals surface area contributed by atoms with Gasteiger partial charge in [0, 0.05) is 19.8 Å². The van der Waals surface area contributed by atoms with Crippen LogP contribution in [0.15, 0.2) is 89.6 Å². The molecule has 1 aliphatic rings. The lowest BCUT2D eigenvalue weighted by molar-refractivity contribution is -0.147. The number of allylic oxidation sites excluding steroid dienone is 2. The van der Waals surface area contributed by atoms with Crippen molar-refractivity contribution in [3.63, 3.8) is 0 Å². The smallest absolute Gasteiger partial charge is 0.310 e. The SMILES string of the molecule is C/C(=N\C#N)N(C)Cc1ccc(Cl)nc1.CC(C)=CC1C(C(=O)OCc2cccc(Oc3ccccc3)c2)C1(C)C. The highest BCUT2D eigenvalue weighted by atomic mass is 35.5. The number of hydrogen-bond acceptors (Lipinski definition) is 6. The third-order valence-corrected chi connectivity index (χ3v) is 7.13. The fourth-order valence-electron chi connectivity index (χ4n) is 4.41. The van der Waals surface area contributed by atoms with Gasteiger partial charge < -0.3 is 14.4 Å². The van der Waals surface area contributed by atoms with Gasteiger partial charge >= 0.3 is 5.97 Å². The fraction of sp³-hybridized carbons (Fsp3) is 0.333. The van der Waals surface area contributed by atoms with E-state index in [1.807, 2.05) is 72.6 Å². The highest BCUT2D eigenvalue weighted by Crippen LogP contribution is 2.59. The fourth-order valence-corrected chi connectivity index (χ4v) is 4.52. The molecule has 3 aromatic rings. The molecule has 8 heteroatoms. The summed E-state index contributed by atoms with van der Waals surface area (Å²) in [6.07, 6.45) is 5.64. The largest absolute Gasteiger partial charge is 0.461 e. The first-order valence-electron chi connectivity index (χ1n) is 13.4. The molecule has 7 nitrogen and oxygen atoms in total. The molecule has 0 bridgehead atoms. The molecule has 2 atom stereocenters. The van der Waals surface area contributed by atoms with Gasteiger partial charge in [0.1, 0.15) is 29.1 Å². The normalized spacial score (nSPS) is 16.8. The number of ether oxygens (including phenoxy) is 2. The molecule has 1 aromatic heterocycles. The second-order valence-corrected chi connectivity index (χ2v) is 11.2. The lowest BCUT2D eigenvalue weighted by atomic mass is 10.1.